The van der Waals surface area contributed by atoms with E-state index in [1.807, 2.05) is 78.2 Å². The van der Waals surface area contributed by atoms with Gasteiger partial charge in [0.05, 0.1) is 16.8 Å². The normalized spacial score (nSPS) is 11.6. The highest BCUT2D eigenvalue weighted by molar-refractivity contribution is 7.89. The summed E-state index contributed by atoms with van der Waals surface area (Å²) in [5.74, 6) is 1.53. The maximum Gasteiger partial charge on any atom is 0.229 e. The van der Waals surface area contributed by atoms with Crippen molar-refractivity contribution in [2.24, 2.45) is 7.05 Å². The highest BCUT2D eigenvalue weighted by atomic mass is 35.5. The molecule has 2 heterocycles. The van der Waals surface area contributed by atoms with E-state index >= 15 is 0 Å². The smallest absolute Gasteiger partial charge is 0.229 e. The zero-order chi connectivity index (χ0) is 27.7. The molecule has 0 amide bonds. The lowest BCUT2D eigenvalue weighted by molar-refractivity contribution is 0.601. The molecule has 2 aromatic heterocycles. The average molecular weight is 562 g/mol. The minimum Gasteiger partial charge on any atom is -0.369 e. The molecule has 11 heteroatoms. The lowest BCUT2D eigenvalue weighted by atomic mass is 10.0. The Bertz CT molecular complexity index is 1750. The molecule has 0 unspecified atom stereocenters. The highest BCUT2D eigenvalue weighted by Gasteiger charge is 2.19. The van der Waals surface area contributed by atoms with Crippen LogP contribution in [0.5, 0.6) is 0 Å². The average Bonchev–Trinajstić information content (AvgIpc) is 3.19. The first-order valence-corrected chi connectivity index (χ1v) is 14.6. The van der Waals surface area contributed by atoms with Crippen LogP contribution >= 0.6 is 11.6 Å². The number of aromatic nitrogens is 4. The number of aryl methyl sites for hydroxylation is 1. The van der Waals surface area contributed by atoms with Crippen molar-refractivity contribution in [2.75, 3.05) is 29.3 Å². The molecule has 0 bridgehead atoms. The number of hydrogen-bond acceptors (Lipinski definition) is 8. The van der Waals surface area contributed by atoms with Crippen LogP contribution in [0, 0.1) is 0 Å². The number of nitrogen functional groups attached to an aromatic ring is 1. The molecule has 0 saturated carbocycles. The van der Waals surface area contributed by atoms with Crippen molar-refractivity contribution in [1.29, 1.82) is 0 Å². The Kier molecular flexibility index (Phi) is 7.16. The fourth-order valence-corrected chi connectivity index (χ4v) is 5.38. The Hall–Kier alpha value is -4.15. The van der Waals surface area contributed by atoms with Gasteiger partial charge in [0, 0.05) is 54.9 Å². The van der Waals surface area contributed by atoms with Crippen LogP contribution in [0.4, 0.5) is 29.1 Å². The first-order chi connectivity index (χ1) is 18.6. The van der Waals surface area contributed by atoms with E-state index in [2.05, 4.69) is 15.3 Å². The highest BCUT2D eigenvalue weighted by Crippen LogP contribution is 2.34. The molecular formula is C28H28ClN7O2S. The van der Waals surface area contributed by atoms with Gasteiger partial charge in [-0.3, -0.25) is 0 Å². The van der Waals surface area contributed by atoms with Gasteiger partial charge in [-0.15, -0.1) is 0 Å². The van der Waals surface area contributed by atoms with Crippen molar-refractivity contribution in [3.05, 3.63) is 94.6 Å². The number of benzene rings is 3. The summed E-state index contributed by atoms with van der Waals surface area (Å²) >= 11 is 6.12. The van der Waals surface area contributed by atoms with Crippen molar-refractivity contribution < 1.29 is 8.42 Å². The van der Waals surface area contributed by atoms with Crippen molar-refractivity contribution >= 4 is 61.6 Å². The van der Waals surface area contributed by atoms with Crippen LogP contribution in [-0.4, -0.2) is 41.2 Å². The second-order valence-corrected chi connectivity index (χ2v) is 12.0. The molecule has 0 aliphatic heterocycles. The molecule has 0 fully saturated rings. The van der Waals surface area contributed by atoms with Crippen molar-refractivity contribution in [1.82, 2.24) is 19.5 Å². The van der Waals surface area contributed by atoms with Gasteiger partial charge in [0.2, 0.25) is 11.9 Å². The number of rotatable bonds is 8. The Balaban J connectivity index is 1.47. The third-order valence-electron chi connectivity index (χ3n) is 6.45. The zero-order valence-corrected chi connectivity index (χ0v) is 23.3. The second kappa shape index (κ2) is 10.5. The number of nitrogens with two attached hydrogens (primary N) is 1. The first-order valence-electron chi connectivity index (χ1n) is 12.2. The Labute approximate surface area is 232 Å². The van der Waals surface area contributed by atoms with Crippen LogP contribution < -0.4 is 16.0 Å². The minimum absolute atomic E-state index is 0.00528. The standard InChI is InChI=1S/C28H28ClN7O2S/c1-35(25-14-15-31-28(33-25)32-21-10-6-19(7-11-21)17-39(3,37)38)23-12-13-24-26(34-27(30)36(24)2)22(23)16-18-4-8-20(29)9-5-18/h4-15H,16-17H2,1-3H3,(H2,30,34)(H,31,32,33). The molecule has 0 spiro atoms. The maximum atomic E-state index is 11.6. The van der Waals surface area contributed by atoms with Crippen LogP contribution in [0.3, 0.4) is 0 Å². The molecule has 3 aromatic carbocycles. The molecule has 5 aromatic rings. The molecule has 0 aliphatic rings. The summed E-state index contributed by atoms with van der Waals surface area (Å²) in [6.07, 6.45) is 3.53. The largest absolute Gasteiger partial charge is 0.369 e. The summed E-state index contributed by atoms with van der Waals surface area (Å²) in [7, 11) is 0.748. The maximum absolute atomic E-state index is 11.6. The van der Waals surface area contributed by atoms with Gasteiger partial charge in [0.25, 0.3) is 0 Å². The summed E-state index contributed by atoms with van der Waals surface area (Å²) in [6.45, 7) is 0. The topological polar surface area (TPSA) is 119 Å². The van der Waals surface area contributed by atoms with Gasteiger partial charge in [-0.25, -0.2) is 18.4 Å². The molecule has 200 valence electrons. The third kappa shape index (κ3) is 5.97. The van der Waals surface area contributed by atoms with Gasteiger partial charge >= 0.3 is 0 Å². The van der Waals surface area contributed by atoms with E-state index in [1.54, 1.807) is 18.3 Å². The van der Waals surface area contributed by atoms with E-state index in [0.717, 1.165) is 39.1 Å². The van der Waals surface area contributed by atoms with Gasteiger partial charge in [-0.05, 0) is 53.6 Å². The van der Waals surface area contributed by atoms with E-state index < -0.39 is 9.84 Å². The molecule has 39 heavy (non-hydrogen) atoms. The van der Waals surface area contributed by atoms with Crippen LogP contribution in [-0.2, 0) is 29.1 Å². The predicted octanol–water partition coefficient (Wildman–Crippen LogP) is 5.25. The van der Waals surface area contributed by atoms with Crippen LogP contribution in [0.15, 0.2) is 72.9 Å². The van der Waals surface area contributed by atoms with E-state index in [0.29, 0.717) is 29.2 Å². The molecule has 0 aliphatic carbocycles. The van der Waals surface area contributed by atoms with Gasteiger partial charge in [0.1, 0.15) is 5.82 Å². The van der Waals surface area contributed by atoms with Crippen LogP contribution in [0.2, 0.25) is 5.02 Å². The fourth-order valence-electron chi connectivity index (χ4n) is 4.45. The number of fused-ring (bicyclic) bond motifs is 1. The third-order valence-corrected chi connectivity index (χ3v) is 7.56. The van der Waals surface area contributed by atoms with Gasteiger partial charge in [-0.1, -0.05) is 35.9 Å². The molecule has 0 atom stereocenters. The van der Waals surface area contributed by atoms with E-state index in [-0.39, 0.29) is 5.75 Å². The Morgan fingerprint density at radius 1 is 0.974 bits per heavy atom. The van der Waals surface area contributed by atoms with E-state index in [9.17, 15) is 8.42 Å². The lowest BCUT2D eigenvalue weighted by Gasteiger charge is -2.22. The predicted molar refractivity (Wildman–Crippen MR) is 158 cm³/mol. The van der Waals surface area contributed by atoms with E-state index in [1.165, 1.54) is 6.26 Å². The fraction of sp³-hybridized carbons (Fsp3) is 0.179. The number of halogens is 1. The Morgan fingerprint density at radius 3 is 2.36 bits per heavy atom. The van der Waals surface area contributed by atoms with Crippen LogP contribution in [0.1, 0.15) is 16.7 Å². The SMILES string of the molecule is CN(c1ccnc(Nc2ccc(CS(C)(=O)=O)cc2)n1)c1ccc2c(nc(N)n2C)c1Cc1ccc(Cl)cc1. The number of sulfone groups is 1. The molecule has 5 rings (SSSR count). The summed E-state index contributed by atoms with van der Waals surface area (Å²) in [5, 5.41) is 3.88. The number of hydrogen-bond donors (Lipinski definition) is 2. The van der Waals surface area contributed by atoms with Gasteiger partial charge in [0.15, 0.2) is 9.84 Å². The molecule has 0 radical (unpaired) electrons. The monoisotopic (exact) mass is 561 g/mol. The number of imidazole rings is 1. The number of anilines is 5. The summed E-state index contributed by atoms with van der Waals surface area (Å²) in [4.78, 5) is 15.8. The quantitative estimate of drug-likeness (QED) is 0.264. The number of nitrogens with one attached hydrogen (secondary N) is 1. The first kappa shape index (κ1) is 26.5. The van der Waals surface area contributed by atoms with Gasteiger partial charge in [-0.2, -0.15) is 4.98 Å². The molecular weight excluding hydrogens is 534 g/mol. The van der Waals surface area contributed by atoms with Gasteiger partial charge < -0.3 is 20.5 Å². The lowest BCUT2D eigenvalue weighted by Crippen LogP contribution is -2.15. The van der Waals surface area contributed by atoms with Crippen molar-refractivity contribution in [2.45, 2.75) is 12.2 Å². The zero-order valence-electron chi connectivity index (χ0n) is 21.8. The van der Waals surface area contributed by atoms with E-state index in [4.69, 9.17) is 22.3 Å². The molecule has 0 saturated heterocycles. The molecule has 9 nitrogen and oxygen atoms in total. The Morgan fingerprint density at radius 2 is 1.67 bits per heavy atom. The summed E-state index contributed by atoms with van der Waals surface area (Å²) in [5.41, 5.74) is 12.4. The van der Waals surface area contributed by atoms with Crippen molar-refractivity contribution in [3.8, 4) is 0 Å². The second-order valence-electron chi connectivity index (χ2n) is 9.45. The number of nitrogens with zero attached hydrogens (tertiary/aromatic N) is 5. The summed E-state index contributed by atoms with van der Waals surface area (Å²) in [6, 6.07) is 20.8. The molecule has 3 N–H and O–H groups in total. The minimum atomic E-state index is -3.10. The summed E-state index contributed by atoms with van der Waals surface area (Å²) < 4.78 is 25.0. The van der Waals surface area contributed by atoms with Crippen LogP contribution in [0.25, 0.3) is 11.0 Å². The van der Waals surface area contributed by atoms with Crippen molar-refractivity contribution in [3.63, 3.8) is 0 Å².